The summed E-state index contributed by atoms with van der Waals surface area (Å²) in [7, 11) is 0. The fourth-order valence-electron chi connectivity index (χ4n) is 1.76. The minimum Gasteiger partial charge on any atom is -0.461 e. The van der Waals surface area contributed by atoms with Crippen molar-refractivity contribution in [2.45, 2.75) is 6.04 Å². The lowest BCUT2D eigenvalue weighted by Gasteiger charge is -2.08. The third kappa shape index (κ3) is 2.38. The molecule has 0 bridgehead atoms. The number of furan rings is 1. The predicted octanol–water partition coefficient (Wildman–Crippen LogP) is 2.77. The van der Waals surface area contributed by atoms with Crippen LogP contribution in [0.2, 0.25) is 5.02 Å². The van der Waals surface area contributed by atoms with E-state index in [1.165, 1.54) is 0 Å². The highest BCUT2D eigenvalue weighted by Gasteiger charge is 2.15. The number of rotatable bonds is 3. The maximum atomic E-state index is 6.13. The second-order valence-electron chi connectivity index (χ2n) is 4.05. The molecule has 2 aromatic heterocycles. The van der Waals surface area contributed by atoms with Crippen molar-refractivity contribution >= 4 is 11.6 Å². The maximum absolute atomic E-state index is 6.13. The number of hydrogen-bond acceptors (Lipinski definition) is 4. The Kier molecular flexibility index (Phi) is 3.06. The van der Waals surface area contributed by atoms with Gasteiger partial charge in [0.1, 0.15) is 5.82 Å². The average molecular weight is 275 g/mol. The summed E-state index contributed by atoms with van der Waals surface area (Å²) < 4.78 is 5.23. The molecular formula is C13H11ClN4O. The van der Waals surface area contributed by atoms with E-state index in [9.17, 15) is 0 Å². The van der Waals surface area contributed by atoms with Gasteiger partial charge in [0.05, 0.1) is 12.3 Å². The van der Waals surface area contributed by atoms with Crippen molar-refractivity contribution in [2.24, 2.45) is 5.73 Å². The van der Waals surface area contributed by atoms with Crippen LogP contribution in [0.3, 0.4) is 0 Å². The molecule has 19 heavy (non-hydrogen) atoms. The largest absolute Gasteiger partial charge is 0.461 e. The van der Waals surface area contributed by atoms with Gasteiger partial charge in [0.2, 0.25) is 5.82 Å². The van der Waals surface area contributed by atoms with Crippen LogP contribution in [0.15, 0.2) is 47.1 Å². The lowest BCUT2D eigenvalue weighted by Crippen LogP contribution is -2.13. The summed E-state index contributed by atoms with van der Waals surface area (Å²) in [5, 5.41) is 7.59. The van der Waals surface area contributed by atoms with Crippen molar-refractivity contribution in [3.05, 3.63) is 59.1 Å². The predicted molar refractivity (Wildman–Crippen MR) is 71.6 cm³/mol. The topological polar surface area (TPSA) is 80.7 Å². The molecule has 5 nitrogen and oxygen atoms in total. The second kappa shape index (κ2) is 4.87. The Hall–Kier alpha value is -2.11. The van der Waals surface area contributed by atoms with Gasteiger partial charge >= 0.3 is 0 Å². The third-order valence-electron chi connectivity index (χ3n) is 2.77. The number of H-pyrrole nitrogens is 1. The normalized spacial score (nSPS) is 12.5. The Morgan fingerprint density at radius 3 is 2.68 bits per heavy atom. The summed E-state index contributed by atoms with van der Waals surface area (Å²) in [4.78, 5) is 4.33. The van der Waals surface area contributed by atoms with Gasteiger partial charge in [-0.3, -0.25) is 5.10 Å². The molecule has 96 valence electrons. The molecule has 1 atom stereocenters. The molecule has 1 unspecified atom stereocenters. The molecule has 2 heterocycles. The van der Waals surface area contributed by atoms with E-state index in [2.05, 4.69) is 15.2 Å². The number of nitrogens with two attached hydrogens (primary N) is 1. The standard InChI is InChI=1S/C13H11ClN4O/c14-9-5-3-8(4-6-9)11(15)13-16-12(17-18-13)10-2-1-7-19-10/h1-7,11H,15H2,(H,16,17,18). The first-order valence-corrected chi connectivity index (χ1v) is 6.09. The van der Waals surface area contributed by atoms with Crippen LogP contribution in [0.5, 0.6) is 0 Å². The molecule has 3 rings (SSSR count). The monoisotopic (exact) mass is 274 g/mol. The quantitative estimate of drug-likeness (QED) is 0.769. The fraction of sp³-hybridized carbons (Fsp3) is 0.0769. The first-order chi connectivity index (χ1) is 9.24. The summed E-state index contributed by atoms with van der Waals surface area (Å²) in [5.74, 6) is 1.67. The van der Waals surface area contributed by atoms with Gasteiger partial charge in [-0.25, -0.2) is 4.98 Å². The number of nitrogens with one attached hydrogen (secondary N) is 1. The van der Waals surface area contributed by atoms with Crippen molar-refractivity contribution in [2.75, 3.05) is 0 Å². The van der Waals surface area contributed by atoms with Crippen LogP contribution in [0, 0.1) is 0 Å². The zero-order chi connectivity index (χ0) is 13.2. The van der Waals surface area contributed by atoms with E-state index in [1.54, 1.807) is 30.5 Å². The van der Waals surface area contributed by atoms with Crippen LogP contribution in [0.1, 0.15) is 17.4 Å². The molecule has 3 aromatic rings. The molecule has 0 fully saturated rings. The molecule has 0 aliphatic rings. The van der Waals surface area contributed by atoms with E-state index in [0.717, 1.165) is 5.56 Å². The van der Waals surface area contributed by atoms with Gasteiger partial charge in [-0.1, -0.05) is 23.7 Å². The molecule has 0 saturated heterocycles. The molecule has 6 heteroatoms. The highest BCUT2D eigenvalue weighted by Crippen LogP contribution is 2.21. The number of benzene rings is 1. The van der Waals surface area contributed by atoms with Crippen molar-refractivity contribution in [1.29, 1.82) is 0 Å². The minimum atomic E-state index is -0.381. The van der Waals surface area contributed by atoms with E-state index in [-0.39, 0.29) is 6.04 Å². The summed E-state index contributed by atoms with van der Waals surface area (Å²) >= 11 is 5.85. The molecule has 0 radical (unpaired) electrons. The van der Waals surface area contributed by atoms with E-state index < -0.39 is 0 Å². The van der Waals surface area contributed by atoms with Gasteiger partial charge in [-0.2, -0.15) is 0 Å². The van der Waals surface area contributed by atoms with Crippen LogP contribution in [0.25, 0.3) is 11.6 Å². The highest BCUT2D eigenvalue weighted by atomic mass is 35.5. The number of halogens is 1. The average Bonchev–Trinajstić information content (AvgIpc) is 3.10. The van der Waals surface area contributed by atoms with Crippen molar-refractivity contribution < 1.29 is 4.42 Å². The summed E-state index contributed by atoms with van der Waals surface area (Å²) in [6.07, 6.45) is 1.57. The Balaban J connectivity index is 1.88. The molecule has 1 aromatic carbocycles. The van der Waals surface area contributed by atoms with Crippen molar-refractivity contribution in [3.8, 4) is 11.6 Å². The number of nitrogens with zero attached hydrogens (tertiary/aromatic N) is 2. The maximum Gasteiger partial charge on any atom is 0.216 e. The lowest BCUT2D eigenvalue weighted by molar-refractivity contribution is 0.577. The molecular weight excluding hydrogens is 264 g/mol. The number of aromatic amines is 1. The van der Waals surface area contributed by atoms with Gasteiger partial charge in [0.25, 0.3) is 0 Å². The van der Waals surface area contributed by atoms with E-state index in [4.69, 9.17) is 21.8 Å². The minimum absolute atomic E-state index is 0.381. The third-order valence-corrected chi connectivity index (χ3v) is 3.02. The van der Waals surface area contributed by atoms with E-state index in [0.29, 0.717) is 22.4 Å². The Morgan fingerprint density at radius 1 is 1.21 bits per heavy atom. The highest BCUT2D eigenvalue weighted by molar-refractivity contribution is 6.30. The molecule has 0 spiro atoms. The number of aromatic nitrogens is 3. The molecule has 0 amide bonds. The Bertz CT molecular complexity index is 660. The molecule has 0 aliphatic heterocycles. The van der Waals surface area contributed by atoms with Crippen molar-refractivity contribution in [1.82, 2.24) is 15.2 Å². The Labute approximate surface area is 114 Å². The van der Waals surface area contributed by atoms with Crippen LogP contribution in [-0.4, -0.2) is 15.2 Å². The number of hydrogen-bond donors (Lipinski definition) is 2. The smallest absolute Gasteiger partial charge is 0.216 e. The van der Waals surface area contributed by atoms with Gasteiger partial charge in [0, 0.05) is 5.02 Å². The van der Waals surface area contributed by atoms with Crippen LogP contribution in [0.4, 0.5) is 0 Å². The first kappa shape index (κ1) is 12.0. The zero-order valence-electron chi connectivity index (χ0n) is 9.88. The van der Waals surface area contributed by atoms with Gasteiger partial charge in [-0.15, -0.1) is 5.10 Å². The Morgan fingerprint density at radius 2 is 2.00 bits per heavy atom. The SMILES string of the molecule is NC(c1ccc(Cl)cc1)c1nc(-c2ccco2)n[nH]1. The van der Waals surface area contributed by atoms with Gasteiger partial charge in [-0.05, 0) is 29.8 Å². The second-order valence-corrected chi connectivity index (χ2v) is 4.49. The van der Waals surface area contributed by atoms with Crippen LogP contribution in [-0.2, 0) is 0 Å². The fourth-order valence-corrected chi connectivity index (χ4v) is 1.88. The summed E-state index contributed by atoms with van der Waals surface area (Å²) in [5.41, 5.74) is 7.03. The van der Waals surface area contributed by atoms with E-state index >= 15 is 0 Å². The molecule has 0 saturated carbocycles. The van der Waals surface area contributed by atoms with Crippen molar-refractivity contribution in [3.63, 3.8) is 0 Å². The first-order valence-electron chi connectivity index (χ1n) is 5.71. The lowest BCUT2D eigenvalue weighted by atomic mass is 10.1. The molecule has 0 aliphatic carbocycles. The van der Waals surface area contributed by atoms with Crippen LogP contribution < -0.4 is 5.73 Å². The van der Waals surface area contributed by atoms with Gasteiger partial charge < -0.3 is 10.2 Å². The molecule has 3 N–H and O–H groups in total. The van der Waals surface area contributed by atoms with Gasteiger partial charge in [0.15, 0.2) is 5.76 Å². The summed E-state index contributed by atoms with van der Waals surface area (Å²) in [6.45, 7) is 0. The van der Waals surface area contributed by atoms with Crippen LogP contribution >= 0.6 is 11.6 Å². The summed E-state index contributed by atoms with van der Waals surface area (Å²) in [6, 6.07) is 10.5. The zero-order valence-corrected chi connectivity index (χ0v) is 10.6. The van der Waals surface area contributed by atoms with E-state index in [1.807, 2.05) is 12.1 Å².